The first-order valence-corrected chi connectivity index (χ1v) is 3.92. The molecule has 0 radical (unpaired) electrons. The van der Waals surface area contributed by atoms with E-state index >= 15 is 0 Å². The molecule has 0 amide bonds. The van der Waals surface area contributed by atoms with Crippen molar-refractivity contribution >= 4 is 10.1 Å². The molecule has 9 heavy (non-hydrogen) atoms. The fourth-order valence-corrected chi connectivity index (χ4v) is 0.802. The van der Waals surface area contributed by atoms with Crippen LogP contribution in [0.1, 0.15) is 6.42 Å². The van der Waals surface area contributed by atoms with Crippen molar-refractivity contribution in [3.8, 4) is 12.3 Å². The van der Waals surface area contributed by atoms with Gasteiger partial charge in [0, 0.05) is 6.42 Å². The number of rotatable bonds is 3. The third-order valence-corrected chi connectivity index (χ3v) is 1.96. The second kappa shape index (κ2) is 3.49. The minimum atomic E-state index is -3.32. The average molecular weight is 148 g/mol. The molecule has 0 rings (SSSR count). The van der Waals surface area contributed by atoms with Gasteiger partial charge in [-0.2, -0.15) is 8.42 Å². The summed E-state index contributed by atoms with van der Waals surface area (Å²) in [6, 6.07) is 0. The van der Waals surface area contributed by atoms with Crippen LogP contribution >= 0.6 is 0 Å². The van der Waals surface area contributed by atoms with Crippen LogP contribution in [0.2, 0.25) is 0 Å². The molecule has 52 valence electrons. The summed E-state index contributed by atoms with van der Waals surface area (Å²) in [5.41, 5.74) is 0. The van der Waals surface area contributed by atoms with Crippen molar-refractivity contribution in [1.82, 2.24) is 0 Å². The Balaban J connectivity index is 3.78. The van der Waals surface area contributed by atoms with Gasteiger partial charge in [0.15, 0.2) is 0 Å². The fourth-order valence-electron chi connectivity index (χ4n) is 0.267. The second-order valence-electron chi connectivity index (χ2n) is 1.38. The molecule has 0 N–H and O–H groups in total. The molecule has 0 aliphatic heterocycles. The van der Waals surface area contributed by atoms with E-state index in [2.05, 4.69) is 10.1 Å². The highest BCUT2D eigenvalue weighted by Gasteiger charge is 2.04. The molecule has 0 spiro atoms. The van der Waals surface area contributed by atoms with Gasteiger partial charge in [-0.25, -0.2) is 0 Å². The molecule has 3 nitrogen and oxygen atoms in total. The van der Waals surface area contributed by atoms with Gasteiger partial charge < -0.3 is 0 Å². The van der Waals surface area contributed by atoms with Crippen molar-refractivity contribution < 1.29 is 12.6 Å². The smallest absolute Gasteiger partial charge is 0.267 e. The summed E-state index contributed by atoms with van der Waals surface area (Å²) in [6.07, 6.45) is 5.02. The Morgan fingerprint density at radius 3 is 2.56 bits per heavy atom. The van der Waals surface area contributed by atoms with Gasteiger partial charge in [-0.1, -0.05) is 0 Å². The zero-order valence-electron chi connectivity index (χ0n) is 5.12. The molecule has 0 unspecified atom stereocenters. The predicted octanol–water partition coefficient (Wildman–Crippen LogP) is -0.0141. The maximum atomic E-state index is 10.4. The van der Waals surface area contributed by atoms with E-state index in [-0.39, 0.29) is 12.2 Å². The Morgan fingerprint density at radius 1 is 1.67 bits per heavy atom. The van der Waals surface area contributed by atoms with E-state index in [1.54, 1.807) is 0 Å². The van der Waals surface area contributed by atoms with Gasteiger partial charge in [-0.05, 0) is 0 Å². The van der Waals surface area contributed by atoms with Crippen molar-refractivity contribution in [3.05, 3.63) is 0 Å². The standard InChI is InChI=1S/C5H8O3S/c1-3-4-5-9(6,7)8-2/h1H,4-5H2,2H3. The highest BCUT2D eigenvalue weighted by Crippen LogP contribution is 1.91. The first kappa shape index (κ1) is 8.47. The van der Waals surface area contributed by atoms with E-state index in [0.717, 1.165) is 7.11 Å². The third kappa shape index (κ3) is 4.01. The maximum Gasteiger partial charge on any atom is 0.267 e. The zero-order chi connectivity index (χ0) is 7.33. The van der Waals surface area contributed by atoms with E-state index < -0.39 is 10.1 Å². The minimum absolute atomic E-state index is 0.0972. The minimum Gasteiger partial charge on any atom is -0.273 e. The quantitative estimate of drug-likeness (QED) is 0.417. The normalized spacial score (nSPS) is 10.7. The maximum absolute atomic E-state index is 10.4. The van der Waals surface area contributed by atoms with E-state index in [4.69, 9.17) is 6.42 Å². The summed E-state index contributed by atoms with van der Waals surface area (Å²) < 4.78 is 25.0. The third-order valence-electron chi connectivity index (χ3n) is 0.750. The molecule has 0 aliphatic rings. The van der Waals surface area contributed by atoms with E-state index in [1.165, 1.54) is 0 Å². The Labute approximate surface area is 55.1 Å². The van der Waals surface area contributed by atoms with E-state index in [1.807, 2.05) is 0 Å². The van der Waals surface area contributed by atoms with Crippen LogP contribution in [0.4, 0.5) is 0 Å². The summed E-state index contributed by atoms with van der Waals surface area (Å²) in [5.74, 6) is 2.10. The van der Waals surface area contributed by atoms with Crippen LogP contribution < -0.4 is 0 Å². The van der Waals surface area contributed by atoms with Crippen LogP contribution in [0, 0.1) is 12.3 Å². The molecule has 0 aromatic rings. The molecule has 0 aliphatic carbocycles. The van der Waals surface area contributed by atoms with Crippen LogP contribution in [0.3, 0.4) is 0 Å². The lowest BCUT2D eigenvalue weighted by atomic mass is 10.5. The predicted molar refractivity (Wildman–Crippen MR) is 34.2 cm³/mol. The largest absolute Gasteiger partial charge is 0.273 e. The molecular weight excluding hydrogens is 140 g/mol. The molecule has 0 heterocycles. The Bertz CT molecular complexity index is 197. The summed E-state index contributed by atoms with van der Waals surface area (Å²) in [5, 5.41) is 0. The summed E-state index contributed by atoms with van der Waals surface area (Å²) in [4.78, 5) is 0. The summed E-state index contributed by atoms with van der Waals surface area (Å²) in [7, 11) is -2.21. The van der Waals surface area contributed by atoms with Crippen molar-refractivity contribution in [1.29, 1.82) is 0 Å². The zero-order valence-corrected chi connectivity index (χ0v) is 5.94. The monoisotopic (exact) mass is 148 g/mol. The molecule has 4 heteroatoms. The number of hydrogen-bond donors (Lipinski definition) is 0. The lowest BCUT2D eigenvalue weighted by Gasteiger charge is -1.94. The Kier molecular flexibility index (Phi) is 3.28. The van der Waals surface area contributed by atoms with Crippen molar-refractivity contribution in [2.45, 2.75) is 6.42 Å². The van der Waals surface area contributed by atoms with Gasteiger partial charge in [0.25, 0.3) is 10.1 Å². The summed E-state index contributed by atoms with van der Waals surface area (Å²) in [6.45, 7) is 0. The molecule has 0 aromatic heterocycles. The Hall–Kier alpha value is -0.530. The van der Waals surface area contributed by atoms with Crippen LogP contribution in [-0.4, -0.2) is 21.3 Å². The van der Waals surface area contributed by atoms with Gasteiger partial charge in [0.2, 0.25) is 0 Å². The second-order valence-corrected chi connectivity index (χ2v) is 3.24. The molecule has 0 aromatic carbocycles. The van der Waals surface area contributed by atoms with Gasteiger partial charge in [0.1, 0.15) is 0 Å². The van der Waals surface area contributed by atoms with Crippen LogP contribution in [-0.2, 0) is 14.3 Å². The van der Waals surface area contributed by atoms with Gasteiger partial charge >= 0.3 is 0 Å². The highest BCUT2D eigenvalue weighted by molar-refractivity contribution is 7.86. The lowest BCUT2D eigenvalue weighted by molar-refractivity contribution is 0.398. The number of hydrogen-bond acceptors (Lipinski definition) is 3. The summed E-state index contributed by atoms with van der Waals surface area (Å²) >= 11 is 0. The molecule has 0 fully saturated rings. The molecule has 0 bridgehead atoms. The van der Waals surface area contributed by atoms with Gasteiger partial charge in [-0.3, -0.25) is 4.18 Å². The Morgan fingerprint density at radius 2 is 2.22 bits per heavy atom. The van der Waals surface area contributed by atoms with Crippen molar-refractivity contribution in [2.24, 2.45) is 0 Å². The highest BCUT2D eigenvalue weighted by atomic mass is 32.2. The molecule has 0 saturated carbocycles. The van der Waals surface area contributed by atoms with Gasteiger partial charge in [-0.15, -0.1) is 12.3 Å². The van der Waals surface area contributed by atoms with Crippen molar-refractivity contribution in [3.63, 3.8) is 0 Å². The van der Waals surface area contributed by atoms with E-state index in [9.17, 15) is 8.42 Å². The molecule has 0 atom stereocenters. The van der Waals surface area contributed by atoms with Crippen LogP contribution in [0.5, 0.6) is 0 Å². The lowest BCUT2D eigenvalue weighted by Crippen LogP contribution is -2.06. The SMILES string of the molecule is C#CCCS(=O)(=O)OC. The fraction of sp³-hybridized carbons (Fsp3) is 0.600. The molecular formula is C5H8O3S. The first-order valence-electron chi connectivity index (χ1n) is 2.34. The van der Waals surface area contributed by atoms with E-state index in [0.29, 0.717) is 0 Å². The number of terminal acetylenes is 1. The van der Waals surface area contributed by atoms with Crippen LogP contribution in [0.25, 0.3) is 0 Å². The van der Waals surface area contributed by atoms with Crippen LogP contribution in [0.15, 0.2) is 0 Å². The topological polar surface area (TPSA) is 43.4 Å². The van der Waals surface area contributed by atoms with Gasteiger partial charge in [0.05, 0.1) is 12.9 Å². The van der Waals surface area contributed by atoms with Crippen molar-refractivity contribution in [2.75, 3.05) is 12.9 Å². The molecule has 0 saturated heterocycles. The first-order chi connectivity index (χ1) is 4.12. The average Bonchev–Trinajstić information content (AvgIpc) is 1.84.